The van der Waals surface area contributed by atoms with Gasteiger partial charge in [0.05, 0.1) is 5.56 Å². The molecule has 5 N–H and O–H groups in total. The highest BCUT2D eigenvalue weighted by Crippen LogP contribution is 2.20. The van der Waals surface area contributed by atoms with Gasteiger partial charge in [0.1, 0.15) is 0 Å². The standard InChI is InChI=1S/C19H25N5O3/c1-13-12-16(14(2)24(13)15-8-4-3-5-9-15)18(26)23-22-17(25)10-6-7-11-21-19(20)27/h3-5,8-9,12H,6-7,10-11H2,1-2H3,(H,22,25)(H,23,26)(H3,20,21,27). The lowest BCUT2D eigenvalue weighted by molar-refractivity contribution is -0.121. The molecule has 4 amide bonds. The lowest BCUT2D eigenvalue weighted by Gasteiger charge is -2.10. The van der Waals surface area contributed by atoms with Crippen molar-refractivity contribution in [2.75, 3.05) is 6.54 Å². The number of primary amides is 1. The Hall–Kier alpha value is -3.29. The molecular formula is C19H25N5O3. The van der Waals surface area contributed by atoms with Gasteiger partial charge >= 0.3 is 6.03 Å². The molecule has 0 spiro atoms. The van der Waals surface area contributed by atoms with E-state index in [4.69, 9.17) is 5.73 Å². The van der Waals surface area contributed by atoms with Crippen LogP contribution in [0.3, 0.4) is 0 Å². The fourth-order valence-corrected chi connectivity index (χ4v) is 2.85. The van der Waals surface area contributed by atoms with Crippen LogP contribution in [-0.2, 0) is 4.79 Å². The molecule has 27 heavy (non-hydrogen) atoms. The van der Waals surface area contributed by atoms with Crippen LogP contribution in [0.5, 0.6) is 0 Å². The Labute approximate surface area is 158 Å². The number of hydrogen-bond donors (Lipinski definition) is 4. The first kappa shape index (κ1) is 20.0. The zero-order valence-corrected chi connectivity index (χ0v) is 15.5. The summed E-state index contributed by atoms with van der Waals surface area (Å²) in [4.78, 5) is 34.8. The molecule has 1 aromatic carbocycles. The maximum atomic E-state index is 12.4. The number of nitrogens with zero attached hydrogens (tertiary/aromatic N) is 1. The summed E-state index contributed by atoms with van der Waals surface area (Å²) in [6, 6.07) is 11.0. The van der Waals surface area contributed by atoms with Crippen molar-refractivity contribution in [1.82, 2.24) is 20.7 Å². The summed E-state index contributed by atoms with van der Waals surface area (Å²) < 4.78 is 1.99. The quantitative estimate of drug-likeness (QED) is 0.438. The summed E-state index contributed by atoms with van der Waals surface area (Å²) in [5.41, 5.74) is 13.0. The molecule has 2 aromatic rings. The second-order valence-electron chi connectivity index (χ2n) is 6.21. The summed E-state index contributed by atoms with van der Waals surface area (Å²) in [5, 5.41) is 2.45. The summed E-state index contributed by atoms with van der Waals surface area (Å²) in [6.45, 7) is 4.21. The molecule has 0 bridgehead atoms. The first-order valence-electron chi connectivity index (χ1n) is 8.77. The molecule has 2 rings (SSSR count). The van der Waals surface area contributed by atoms with Gasteiger partial charge in [0.25, 0.3) is 5.91 Å². The van der Waals surface area contributed by atoms with Crippen LogP contribution in [0.4, 0.5) is 4.79 Å². The normalized spacial score (nSPS) is 10.3. The van der Waals surface area contributed by atoms with Gasteiger partial charge in [-0.15, -0.1) is 0 Å². The van der Waals surface area contributed by atoms with Crippen molar-refractivity contribution in [3.8, 4) is 5.69 Å². The lowest BCUT2D eigenvalue weighted by Crippen LogP contribution is -2.41. The number of carbonyl (C=O) groups excluding carboxylic acids is 3. The highest BCUT2D eigenvalue weighted by Gasteiger charge is 2.17. The van der Waals surface area contributed by atoms with Crippen LogP contribution in [0.25, 0.3) is 5.69 Å². The highest BCUT2D eigenvalue weighted by molar-refractivity contribution is 5.97. The van der Waals surface area contributed by atoms with Gasteiger partial charge in [-0.25, -0.2) is 4.79 Å². The molecule has 0 radical (unpaired) electrons. The van der Waals surface area contributed by atoms with Crippen LogP contribution < -0.4 is 21.9 Å². The number of aryl methyl sites for hydroxylation is 1. The van der Waals surface area contributed by atoms with Gasteiger partial charge in [0.2, 0.25) is 5.91 Å². The van der Waals surface area contributed by atoms with Crippen LogP contribution in [0, 0.1) is 13.8 Å². The van der Waals surface area contributed by atoms with Gasteiger partial charge in [-0.3, -0.25) is 20.4 Å². The second kappa shape index (κ2) is 9.42. The van der Waals surface area contributed by atoms with Crippen molar-refractivity contribution in [3.05, 3.63) is 53.3 Å². The predicted octanol–water partition coefficient (Wildman–Crippen LogP) is 1.69. The summed E-state index contributed by atoms with van der Waals surface area (Å²) in [7, 11) is 0. The monoisotopic (exact) mass is 371 g/mol. The van der Waals surface area contributed by atoms with Gasteiger partial charge in [-0.1, -0.05) is 18.2 Å². The minimum atomic E-state index is -0.584. The van der Waals surface area contributed by atoms with E-state index in [0.717, 1.165) is 17.1 Å². The van der Waals surface area contributed by atoms with Crippen LogP contribution in [0.1, 0.15) is 41.0 Å². The number of para-hydroxylation sites is 1. The first-order valence-corrected chi connectivity index (χ1v) is 8.77. The van der Waals surface area contributed by atoms with Gasteiger partial charge in [0, 0.05) is 30.0 Å². The number of nitrogens with two attached hydrogens (primary N) is 1. The number of benzene rings is 1. The molecule has 8 nitrogen and oxygen atoms in total. The van der Waals surface area contributed by atoms with Crippen molar-refractivity contribution >= 4 is 17.8 Å². The van der Waals surface area contributed by atoms with Crippen molar-refractivity contribution in [3.63, 3.8) is 0 Å². The van der Waals surface area contributed by atoms with Crippen LogP contribution >= 0.6 is 0 Å². The van der Waals surface area contributed by atoms with E-state index in [1.54, 1.807) is 6.07 Å². The molecule has 8 heteroatoms. The van der Waals surface area contributed by atoms with Crippen molar-refractivity contribution in [2.24, 2.45) is 5.73 Å². The lowest BCUT2D eigenvalue weighted by atomic mass is 10.2. The van der Waals surface area contributed by atoms with Crippen LogP contribution in [-0.4, -0.2) is 29.0 Å². The number of amides is 4. The molecule has 0 saturated heterocycles. The average molecular weight is 371 g/mol. The predicted molar refractivity (Wildman–Crippen MR) is 102 cm³/mol. The second-order valence-corrected chi connectivity index (χ2v) is 6.21. The third-order valence-electron chi connectivity index (χ3n) is 4.14. The van der Waals surface area contributed by atoms with E-state index < -0.39 is 6.03 Å². The molecule has 1 heterocycles. The Kier molecular flexibility index (Phi) is 6.99. The van der Waals surface area contributed by atoms with E-state index >= 15 is 0 Å². The number of rotatable bonds is 7. The molecule has 0 unspecified atom stereocenters. The number of hydrogen-bond acceptors (Lipinski definition) is 3. The Morgan fingerprint density at radius 1 is 1.04 bits per heavy atom. The molecule has 0 saturated carbocycles. The number of hydrazine groups is 1. The number of urea groups is 1. The SMILES string of the molecule is Cc1cc(C(=O)NNC(=O)CCCCNC(N)=O)c(C)n1-c1ccccc1. The summed E-state index contributed by atoms with van der Waals surface area (Å²) in [6.07, 6.45) is 1.44. The highest BCUT2D eigenvalue weighted by atomic mass is 16.2. The third kappa shape index (κ3) is 5.60. The molecule has 0 aliphatic rings. The average Bonchev–Trinajstić information content (AvgIpc) is 2.94. The molecule has 0 fully saturated rings. The van der Waals surface area contributed by atoms with Crippen molar-refractivity contribution in [1.29, 1.82) is 0 Å². The molecule has 144 valence electrons. The first-order chi connectivity index (χ1) is 12.9. The van der Waals surface area contributed by atoms with Crippen LogP contribution in [0.15, 0.2) is 36.4 Å². The van der Waals surface area contributed by atoms with Gasteiger partial charge in [-0.2, -0.15) is 0 Å². The topological polar surface area (TPSA) is 118 Å². The minimum absolute atomic E-state index is 0.240. The van der Waals surface area contributed by atoms with E-state index in [1.165, 1.54) is 0 Å². The fourth-order valence-electron chi connectivity index (χ4n) is 2.85. The smallest absolute Gasteiger partial charge is 0.312 e. The number of aromatic nitrogens is 1. The number of carbonyl (C=O) groups is 3. The van der Waals surface area contributed by atoms with E-state index in [-0.39, 0.29) is 18.2 Å². The van der Waals surface area contributed by atoms with E-state index in [9.17, 15) is 14.4 Å². The third-order valence-corrected chi connectivity index (χ3v) is 4.14. The van der Waals surface area contributed by atoms with Crippen molar-refractivity contribution < 1.29 is 14.4 Å². The fraction of sp³-hybridized carbons (Fsp3) is 0.316. The summed E-state index contributed by atoms with van der Waals surface area (Å²) in [5.74, 6) is -0.659. The zero-order valence-electron chi connectivity index (χ0n) is 15.5. The Morgan fingerprint density at radius 3 is 2.41 bits per heavy atom. The van der Waals surface area contributed by atoms with E-state index in [2.05, 4.69) is 16.2 Å². The van der Waals surface area contributed by atoms with Crippen molar-refractivity contribution in [2.45, 2.75) is 33.1 Å². The van der Waals surface area contributed by atoms with E-state index in [1.807, 2.05) is 48.7 Å². The zero-order chi connectivity index (χ0) is 19.8. The Morgan fingerprint density at radius 2 is 1.74 bits per heavy atom. The molecule has 0 aliphatic carbocycles. The van der Waals surface area contributed by atoms with Crippen LogP contribution in [0.2, 0.25) is 0 Å². The Balaban J connectivity index is 1.88. The molecule has 1 aromatic heterocycles. The number of nitrogens with one attached hydrogen (secondary N) is 3. The molecule has 0 aliphatic heterocycles. The molecule has 0 atom stereocenters. The van der Waals surface area contributed by atoms with Gasteiger partial charge < -0.3 is 15.6 Å². The van der Waals surface area contributed by atoms with Gasteiger partial charge in [-0.05, 0) is 44.9 Å². The summed E-state index contributed by atoms with van der Waals surface area (Å²) >= 11 is 0. The maximum absolute atomic E-state index is 12.4. The van der Waals surface area contributed by atoms with E-state index in [0.29, 0.717) is 24.9 Å². The minimum Gasteiger partial charge on any atom is -0.352 e. The Bertz CT molecular complexity index is 814. The largest absolute Gasteiger partial charge is 0.352 e. The number of unbranched alkanes of at least 4 members (excludes halogenated alkanes) is 1. The maximum Gasteiger partial charge on any atom is 0.312 e. The molecular weight excluding hydrogens is 346 g/mol. The van der Waals surface area contributed by atoms with Gasteiger partial charge in [0.15, 0.2) is 0 Å².